The largest absolute Gasteiger partial charge is 0.493 e. The number of amides is 1. The van der Waals surface area contributed by atoms with Gasteiger partial charge in [-0.2, -0.15) is 0 Å². The first-order valence-electron chi connectivity index (χ1n) is 8.43. The topological polar surface area (TPSA) is 86.5 Å². The first-order chi connectivity index (χ1) is 12.6. The molecule has 0 fully saturated rings. The molecule has 0 saturated carbocycles. The zero-order valence-electron chi connectivity index (χ0n) is 14.9. The second-order valence-electron chi connectivity index (χ2n) is 6.24. The van der Waals surface area contributed by atoms with Crippen LogP contribution in [0.3, 0.4) is 0 Å². The number of anilines is 1. The van der Waals surface area contributed by atoms with Gasteiger partial charge in [0.25, 0.3) is 11.6 Å². The maximum atomic E-state index is 13.1. The maximum absolute atomic E-state index is 13.1. The lowest BCUT2D eigenvalue weighted by Gasteiger charge is -2.13. The molecule has 0 radical (unpaired) electrons. The first kappa shape index (κ1) is 16.4. The van der Waals surface area contributed by atoms with Gasteiger partial charge in [0.05, 0.1) is 30.9 Å². The van der Waals surface area contributed by atoms with E-state index in [0.29, 0.717) is 39.5 Å². The van der Waals surface area contributed by atoms with E-state index in [0.717, 1.165) is 30.5 Å². The van der Waals surface area contributed by atoms with E-state index in [1.165, 1.54) is 0 Å². The Hall–Kier alpha value is -3.09. The number of carbonyl (C=O) groups excluding carboxylic acids is 1. The second kappa shape index (κ2) is 6.33. The molecule has 0 atom stereocenters. The molecule has 3 aromatic rings. The van der Waals surface area contributed by atoms with Crippen LogP contribution in [0.4, 0.5) is 5.69 Å². The Kier molecular flexibility index (Phi) is 3.99. The lowest BCUT2D eigenvalue weighted by Crippen LogP contribution is -2.16. The molecule has 7 heteroatoms. The van der Waals surface area contributed by atoms with Gasteiger partial charge in [-0.25, -0.2) is 4.98 Å². The molecule has 2 aromatic heterocycles. The van der Waals surface area contributed by atoms with Crippen molar-refractivity contribution in [3.8, 4) is 11.5 Å². The van der Waals surface area contributed by atoms with E-state index in [1.807, 2.05) is 6.92 Å². The summed E-state index contributed by atoms with van der Waals surface area (Å²) in [4.78, 5) is 17.6. The number of hydrogen-bond acceptors (Lipinski definition) is 6. The predicted molar refractivity (Wildman–Crippen MR) is 96.1 cm³/mol. The van der Waals surface area contributed by atoms with Gasteiger partial charge in [0.2, 0.25) is 0 Å². The number of benzene rings is 1. The van der Waals surface area contributed by atoms with Crippen LogP contribution in [-0.2, 0) is 12.8 Å². The summed E-state index contributed by atoms with van der Waals surface area (Å²) in [5, 5.41) is 7.62. The molecular weight excluding hydrogens is 334 g/mol. The summed E-state index contributed by atoms with van der Waals surface area (Å²) in [7, 11) is 3.13. The summed E-state index contributed by atoms with van der Waals surface area (Å²) < 4.78 is 15.8. The van der Waals surface area contributed by atoms with Crippen molar-refractivity contribution >= 4 is 22.7 Å². The van der Waals surface area contributed by atoms with Gasteiger partial charge in [-0.05, 0) is 43.9 Å². The van der Waals surface area contributed by atoms with E-state index in [1.54, 1.807) is 32.4 Å². The molecule has 7 nitrogen and oxygen atoms in total. The van der Waals surface area contributed by atoms with E-state index in [2.05, 4.69) is 15.5 Å². The van der Waals surface area contributed by atoms with Gasteiger partial charge in [-0.1, -0.05) is 5.16 Å². The van der Waals surface area contributed by atoms with Gasteiger partial charge >= 0.3 is 0 Å². The van der Waals surface area contributed by atoms with Crippen molar-refractivity contribution in [1.29, 1.82) is 0 Å². The number of nitrogens with zero attached hydrogens (tertiary/aromatic N) is 2. The molecule has 0 aliphatic heterocycles. The van der Waals surface area contributed by atoms with Gasteiger partial charge in [0.15, 0.2) is 11.5 Å². The van der Waals surface area contributed by atoms with E-state index in [9.17, 15) is 4.79 Å². The number of hydrogen-bond donors (Lipinski definition) is 1. The molecule has 4 rings (SSSR count). The monoisotopic (exact) mass is 353 g/mol. The number of ether oxygens (including phenoxy) is 2. The van der Waals surface area contributed by atoms with Crippen LogP contribution in [-0.4, -0.2) is 30.3 Å². The third kappa shape index (κ3) is 2.56. The fraction of sp³-hybridized carbons (Fsp3) is 0.316. The molecule has 134 valence electrons. The maximum Gasteiger partial charge on any atom is 0.259 e. The van der Waals surface area contributed by atoms with Crippen molar-refractivity contribution in [3.05, 3.63) is 40.7 Å². The van der Waals surface area contributed by atoms with Crippen molar-refractivity contribution in [1.82, 2.24) is 10.1 Å². The Balaban J connectivity index is 1.77. The third-order valence-electron chi connectivity index (χ3n) is 4.69. The first-order valence-corrected chi connectivity index (χ1v) is 8.43. The van der Waals surface area contributed by atoms with Crippen molar-refractivity contribution < 1.29 is 18.8 Å². The molecular formula is C19H19N3O4. The number of methoxy groups -OCH3 is 2. The molecule has 0 spiro atoms. The highest BCUT2D eigenvalue weighted by molar-refractivity contribution is 6.13. The van der Waals surface area contributed by atoms with Crippen LogP contribution in [0.2, 0.25) is 0 Å². The highest BCUT2D eigenvalue weighted by Gasteiger charge is 2.27. The van der Waals surface area contributed by atoms with Gasteiger partial charge < -0.3 is 19.3 Å². The van der Waals surface area contributed by atoms with Gasteiger partial charge in [0.1, 0.15) is 0 Å². The molecule has 2 heterocycles. The van der Waals surface area contributed by atoms with Crippen molar-refractivity contribution in [2.24, 2.45) is 0 Å². The molecule has 1 N–H and O–H groups in total. The second-order valence-corrected chi connectivity index (χ2v) is 6.24. The quantitative estimate of drug-likeness (QED) is 0.774. The smallest absolute Gasteiger partial charge is 0.259 e. The van der Waals surface area contributed by atoms with E-state index in [-0.39, 0.29) is 5.91 Å². The molecule has 0 unspecified atom stereocenters. The number of aromatic nitrogens is 2. The van der Waals surface area contributed by atoms with Crippen LogP contribution in [0, 0.1) is 6.92 Å². The van der Waals surface area contributed by atoms with Crippen molar-refractivity contribution in [3.63, 3.8) is 0 Å². The fourth-order valence-electron chi connectivity index (χ4n) is 3.47. The number of pyridine rings is 1. The Morgan fingerprint density at radius 3 is 2.77 bits per heavy atom. The Bertz CT molecular complexity index is 1010. The lowest BCUT2D eigenvalue weighted by atomic mass is 10.0. The normalized spacial score (nSPS) is 12.9. The van der Waals surface area contributed by atoms with Crippen LogP contribution in [0.5, 0.6) is 11.5 Å². The summed E-state index contributed by atoms with van der Waals surface area (Å²) in [6.07, 6.45) is 2.66. The van der Waals surface area contributed by atoms with Gasteiger partial charge in [0, 0.05) is 17.4 Å². The van der Waals surface area contributed by atoms with Crippen molar-refractivity contribution in [2.45, 2.75) is 26.2 Å². The zero-order valence-corrected chi connectivity index (χ0v) is 14.9. The summed E-state index contributed by atoms with van der Waals surface area (Å²) >= 11 is 0. The summed E-state index contributed by atoms with van der Waals surface area (Å²) in [6, 6.07) is 5.26. The summed E-state index contributed by atoms with van der Waals surface area (Å²) in [5.74, 6) is 0.957. The number of aryl methyl sites for hydroxylation is 2. The average Bonchev–Trinajstić information content (AvgIpc) is 3.26. The van der Waals surface area contributed by atoms with E-state index >= 15 is 0 Å². The lowest BCUT2D eigenvalue weighted by molar-refractivity contribution is 0.102. The van der Waals surface area contributed by atoms with Crippen LogP contribution in [0.1, 0.15) is 33.7 Å². The molecule has 1 aliphatic carbocycles. The molecule has 1 amide bonds. The van der Waals surface area contributed by atoms with E-state index in [4.69, 9.17) is 14.0 Å². The number of rotatable bonds is 4. The molecule has 0 bridgehead atoms. The van der Waals surface area contributed by atoms with E-state index < -0.39 is 0 Å². The highest BCUT2D eigenvalue weighted by atomic mass is 16.5. The number of fused-ring (bicyclic) bond motifs is 2. The number of nitrogens with one attached hydrogen (secondary N) is 1. The SMILES string of the molecule is COc1ccc(NC(=O)c2c3c(nc4onc(C)c24)CCC3)cc1OC. The summed E-state index contributed by atoms with van der Waals surface area (Å²) in [6.45, 7) is 1.82. The third-order valence-corrected chi connectivity index (χ3v) is 4.69. The van der Waals surface area contributed by atoms with Gasteiger partial charge in [-0.3, -0.25) is 4.79 Å². The Labute approximate surface area is 150 Å². The molecule has 26 heavy (non-hydrogen) atoms. The van der Waals surface area contributed by atoms with Crippen molar-refractivity contribution in [2.75, 3.05) is 19.5 Å². The highest BCUT2D eigenvalue weighted by Crippen LogP contribution is 2.33. The minimum absolute atomic E-state index is 0.200. The minimum Gasteiger partial charge on any atom is -0.493 e. The Morgan fingerprint density at radius 1 is 1.19 bits per heavy atom. The number of carbonyl (C=O) groups is 1. The predicted octanol–water partition coefficient (Wildman–Crippen LogP) is 3.29. The molecule has 1 aliphatic rings. The summed E-state index contributed by atoms with van der Waals surface area (Å²) in [5.41, 5.74) is 4.22. The fourth-order valence-corrected chi connectivity index (χ4v) is 3.47. The minimum atomic E-state index is -0.200. The van der Waals surface area contributed by atoms with Crippen LogP contribution >= 0.6 is 0 Å². The van der Waals surface area contributed by atoms with Gasteiger partial charge in [-0.15, -0.1) is 0 Å². The standard InChI is InChI=1S/C19H19N3O4/c1-10-16-17(12-5-4-6-13(12)21-19(16)26-22-10)18(23)20-11-7-8-14(24-2)15(9-11)25-3/h7-9H,4-6H2,1-3H3,(H,20,23). The zero-order chi connectivity index (χ0) is 18.3. The van der Waals surface area contributed by atoms with Crippen LogP contribution in [0.15, 0.2) is 22.7 Å². The van der Waals surface area contributed by atoms with Crippen LogP contribution < -0.4 is 14.8 Å². The molecule has 0 saturated heterocycles. The average molecular weight is 353 g/mol. The van der Waals surface area contributed by atoms with Crippen LogP contribution in [0.25, 0.3) is 11.1 Å². The Morgan fingerprint density at radius 2 is 2.00 bits per heavy atom. The molecule has 1 aromatic carbocycles.